The zero-order valence-corrected chi connectivity index (χ0v) is 59.2. The van der Waals surface area contributed by atoms with Gasteiger partial charge in [-0.3, -0.25) is 4.57 Å². The first-order chi connectivity index (χ1) is 54.6. The molecule has 0 aliphatic rings. The molecule has 0 aliphatic carbocycles. The molecule has 23 aromatic rings. The molecule has 23 rings (SSSR count). The third-order valence-corrected chi connectivity index (χ3v) is 21.7. The van der Waals surface area contributed by atoms with Gasteiger partial charge in [0.1, 0.15) is 22.6 Å². The minimum atomic E-state index is 0.603. The van der Waals surface area contributed by atoms with Crippen molar-refractivity contribution < 1.29 is 8.83 Å². The zero-order valence-electron chi connectivity index (χ0n) is 59.2. The Kier molecular flexibility index (Phi) is 14.4. The average molecular weight is 1410 g/mol. The molecule has 0 bridgehead atoms. The van der Waals surface area contributed by atoms with Crippen LogP contribution in [0.1, 0.15) is 0 Å². The van der Waals surface area contributed by atoms with Crippen LogP contribution in [-0.2, 0) is 0 Å². The van der Waals surface area contributed by atoms with Crippen molar-refractivity contribution in [3.05, 3.63) is 376 Å². The molecule has 7 heterocycles. The molecule has 0 fully saturated rings. The predicted octanol–water partition coefficient (Wildman–Crippen LogP) is 26.0. The quantitative estimate of drug-likeness (QED) is 0.135. The second kappa shape index (κ2) is 25.4. The number of benzene rings is 16. The molecular formula is C100H62N8O2. The largest absolute Gasteiger partial charge is 0.456 e. The first kappa shape index (κ1) is 62.4. The molecule has 0 spiro atoms. The van der Waals surface area contributed by atoms with Crippen molar-refractivity contribution in [2.75, 3.05) is 0 Å². The Morgan fingerprint density at radius 2 is 0.655 bits per heavy atom. The van der Waals surface area contributed by atoms with Gasteiger partial charge in [0, 0.05) is 99.2 Å². The highest BCUT2D eigenvalue weighted by Crippen LogP contribution is 2.46. The minimum absolute atomic E-state index is 0.603. The second-order valence-electron chi connectivity index (χ2n) is 28.0. The van der Waals surface area contributed by atoms with Crippen LogP contribution in [0.15, 0.2) is 385 Å². The van der Waals surface area contributed by atoms with Crippen molar-refractivity contribution in [2.24, 2.45) is 0 Å². The van der Waals surface area contributed by atoms with Gasteiger partial charge in [-0.1, -0.05) is 267 Å². The summed E-state index contributed by atoms with van der Waals surface area (Å²) in [6.07, 6.45) is 0. The molecule has 0 saturated heterocycles. The lowest BCUT2D eigenvalue weighted by Gasteiger charge is -2.11. The van der Waals surface area contributed by atoms with Gasteiger partial charge in [0.2, 0.25) is 0 Å². The van der Waals surface area contributed by atoms with Crippen molar-refractivity contribution >= 4 is 120 Å². The normalized spacial score (nSPS) is 11.8. The van der Waals surface area contributed by atoms with Crippen molar-refractivity contribution in [2.45, 2.75) is 0 Å². The molecule has 0 saturated carbocycles. The van der Waals surface area contributed by atoms with E-state index in [9.17, 15) is 0 Å². The first-order valence-electron chi connectivity index (χ1n) is 37.1. The van der Waals surface area contributed by atoms with E-state index in [-0.39, 0.29) is 0 Å². The van der Waals surface area contributed by atoms with E-state index in [1.54, 1.807) is 0 Å². The van der Waals surface area contributed by atoms with Gasteiger partial charge in [-0.05, 0) is 125 Å². The Morgan fingerprint density at radius 1 is 0.209 bits per heavy atom. The summed E-state index contributed by atoms with van der Waals surface area (Å²) in [7, 11) is 0. The molecule has 0 N–H and O–H groups in total. The zero-order chi connectivity index (χ0) is 72.3. The van der Waals surface area contributed by atoms with Gasteiger partial charge in [-0.25, -0.2) is 19.9 Å². The molecule has 10 nitrogen and oxygen atoms in total. The van der Waals surface area contributed by atoms with Gasteiger partial charge in [-0.2, -0.15) is 0 Å². The summed E-state index contributed by atoms with van der Waals surface area (Å²) in [6.45, 7) is 0. The highest BCUT2D eigenvalue weighted by molar-refractivity contribution is 6.21. The fourth-order valence-electron chi connectivity index (χ4n) is 16.8. The topological polar surface area (TPSA) is 97.6 Å². The first-order valence-corrected chi connectivity index (χ1v) is 37.1. The van der Waals surface area contributed by atoms with Crippen molar-refractivity contribution in [1.29, 1.82) is 0 Å². The summed E-state index contributed by atoms with van der Waals surface area (Å²) in [4.78, 5) is 20.1. The van der Waals surface area contributed by atoms with E-state index in [1.807, 2.05) is 84.9 Å². The van der Waals surface area contributed by atoms with E-state index in [0.29, 0.717) is 17.5 Å². The van der Waals surface area contributed by atoms with E-state index >= 15 is 0 Å². The fourth-order valence-corrected chi connectivity index (χ4v) is 16.8. The second-order valence-corrected chi connectivity index (χ2v) is 28.0. The van der Waals surface area contributed by atoms with Crippen molar-refractivity contribution in [3.8, 4) is 90.6 Å². The number of para-hydroxylation sites is 8. The van der Waals surface area contributed by atoms with Crippen LogP contribution in [0.3, 0.4) is 0 Å². The highest BCUT2D eigenvalue weighted by atomic mass is 16.3. The van der Waals surface area contributed by atoms with Crippen molar-refractivity contribution in [1.82, 2.24) is 38.2 Å². The van der Waals surface area contributed by atoms with Crippen LogP contribution in [0, 0.1) is 0 Å². The van der Waals surface area contributed by atoms with Crippen LogP contribution in [0.2, 0.25) is 0 Å². The van der Waals surface area contributed by atoms with Gasteiger partial charge in [0.25, 0.3) is 0 Å². The van der Waals surface area contributed by atoms with E-state index in [0.717, 1.165) is 139 Å². The average Bonchev–Trinajstić information content (AvgIpc) is 1.56. The van der Waals surface area contributed by atoms with Crippen LogP contribution < -0.4 is 0 Å². The van der Waals surface area contributed by atoms with Crippen LogP contribution >= 0.6 is 0 Å². The van der Waals surface area contributed by atoms with E-state index < -0.39 is 0 Å². The summed E-state index contributed by atoms with van der Waals surface area (Å²) in [5.74, 6) is 2.77. The fraction of sp³-hybridized carbons (Fsp3) is 0. The summed E-state index contributed by atoms with van der Waals surface area (Å²) < 4.78 is 22.9. The van der Waals surface area contributed by atoms with Gasteiger partial charge >= 0.3 is 0 Å². The molecule has 0 aliphatic heterocycles. The van der Waals surface area contributed by atoms with E-state index in [4.69, 9.17) is 28.8 Å². The van der Waals surface area contributed by atoms with E-state index in [1.165, 1.54) is 54.5 Å². The highest BCUT2D eigenvalue weighted by Gasteiger charge is 2.25. The lowest BCUT2D eigenvalue weighted by molar-refractivity contribution is 0.666. The third-order valence-electron chi connectivity index (χ3n) is 21.7. The maximum absolute atomic E-state index is 6.94. The van der Waals surface area contributed by atoms with Crippen LogP contribution in [0.4, 0.5) is 0 Å². The number of hydrogen-bond donors (Lipinski definition) is 0. The van der Waals surface area contributed by atoms with Gasteiger partial charge in [-0.15, -0.1) is 0 Å². The van der Waals surface area contributed by atoms with E-state index in [2.05, 4.69) is 309 Å². The smallest absolute Gasteiger partial charge is 0.164 e. The lowest BCUT2D eigenvalue weighted by atomic mass is 9.98. The Hall–Kier alpha value is -15.0. The van der Waals surface area contributed by atoms with Crippen LogP contribution in [-0.4, -0.2) is 38.2 Å². The maximum Gasteiger partial charge on any atom is 0.164 e. The Balaban J connectivity index is 0.000000138. The Labute approximate surface area is 630 Å². The molecule has 7 aromatic heterocycles. The summed E-state index contributed by atoms with van der Waals surface area (Å²) >= 11 is 0. The van der Waals surface area contributed by atoms with Gasteiger partial charge < -0.3 is 22.5 Å². The molecule has 0 unspecified atom stereocenters. The monoisotopic (exact) mass is 1410 g/mol. The summed E-state index contributed by atoms with van der Waals surface area (Å²) in [5.41, 5.74) is 25.0. The van der Waals surface area contributed by atoms with Crippen molar-refractivity contribution in [3.63, 3.8) is 0 Å². The number of furan rings is 2. The molecule has 16 aromatic carbocycles. The number of nitrogens with zero attached hydrogens (tertiary/aromatic N) is 8. The Bertz CT molecular complexity index is 7500. The standard InChI is InChI=1S/C55H34N4O.C45H28N4O/c1-3-15-37(16-4-1)57-46-24-10-7-19-40(46)43-34-51-44(33-50(43)57)41-20-8-11-25-47(41)59(51)49-27-13-22-42-53-39(21-14-28-52(53)60-54(42)49)35-29-31-36(32-30-35)55-56-45-23-9-12-26-48(45)58(55)38-17-5-2-6-18-38;1-4-13-29(14-5-1)32-23-25-35-34-19-10-11-21-38(34)49(39(35)27-32)33-24-26-36-41(28-33)50-40-22-12-20-37(42(36)40)45-47-43(30-15-6-2-7-16-30)46-44(48-45)31-17-8-3-9-18-31/h1-34H;1-28H. The van der Waals surface area contributed by atoms with Gasteiger partial charge in [0.05, 0.1) is 49.8 Å². The number of rotatable bonds is 10. The Morgan fingerprint density at radius 3 is 1.30 bits per heavy atom. The lowest BCUT2D eigenvalue weighted by Crippen LogP contribution is -2.00. The number of hydrogen-bond acceptors (Lipinski definition) is 6. The number of aromatic nitrogens is 8. The number of fused-ring (bicyclic) bond motifs is 16. The van der Waals surface area contributed by atoms with Crippen LogP contribution in [0.5, 0.6) is 0 Å². The SMILES string of the molecule is c1ccc(-c2ccc3c4ccccc4n(-c4ccc5c(c4)oc4cccc(-c6nc(-c7ccccc7)nc(-c7ccccc7)n6)c45)c3c2)cc1.c1ccc(-n2c(-c3ccc(-c4cccc5oc6c(-n7c8ccccc8c8cc9c(cc87)c7ccccc7n9-c7ccccc7)cccc6c45)cc3)nc3ccccc32)cc1. The molecule has 110 heavy (non-hydrogen) atoms. The number of imidazole rings is 1. The summed E-state index contributed by atoms with van der Waals surface area (Å²) in [6, 6.07) is 132. The summed E-state index contributed by atoms with van der Waals surface area (Å²) in [5, 5.41) is 11.4. The third kappa shape index (κ3) is 10.1. The van der Waals surface area contributed by atoms with Crippen LogP contribution in [0.25, 0.3) is 211 Å². The maximum atomic E-state index is 6.94. The minimum Gasteiger partial charge on any atom is -0.456 e. The molecule has 514 valence electrons. The molecule has 0 atom stereocenters. The predicted molar refractivity (Wildman–Crippen MR) is 451 cm³/mol. The van der Waals surface area contributed by atoms with Gasteiger partial charge in [0.15, 0.2) is 23.1 Å². The molecule has 0 amide bonds. The molecular weight excluding hydrogens is 1350 g/mol. The molecule has 0 radical (unpaired) electrons. The molecule has 10 heteroatoms.